The molecule has 0 atom stereocenters. The molecule has 0 fully saturated rings. The van der Waals surface area contributed by atoms with Gasteiger partial charge in [0.05, 0.1) is 13.7 Å². The van der Waals surface area contributed by atoms with E-state index in [-0.39, 0.29) is 12.5 Å². The number of benzene rings is 2. The topological polar surface area (TPSA) is 64.6 Å². The number of hydrogen-bond acceptors (Lipinski definition) is 5. The third kappa shape index (κ3) is 5.15. The normalized spacial score (nSPS) is 10.8. The molecule has 0 radical (unpaired) electrons. The smallest absolute Gasteiger partial charge is 0.341 e. The first-order valence-electron chi connectivity index (χ1n) is 9.50. The molecule has 1 aromatic heterocycles. The molecule has 0 aliphatic heterocycles. The predicted molar refractivity (Wildman–Crippen MR) is 121 cm³/mol. The van der Waals surface area contributed by atoms with Gasteiger partial charge in [-0.3, -0.25) is 4.79 Å². The summed E-state index contributed by atoms with van der Waals surface area (Å²) in [5.41, 5.74) is 3.97. The molecule has 0 bridgehead atoms. The summed E-state index contributed by atoms with van der Waals surface area (Å²) in [4.78, 5) is 25.1. The average molecular weight is 422 g/mol. The largest absolute Gasteiger partial charge is 0.497 e. The van der Waals surface area contributed by atoms with Gasteiger partial charge in [-0.25, -0.2) is 4.79 Å². The minimum absolute atomic E-state index is 0.255. The summed E-state index contributed by atoms with van der Waals surface area (Å²) < 4.78 is 10.4. The zero-order chi connectivity index (χ0) is 21.5. The van der Waals surface area contributed by atoms with Crippen LogP contribution in [-0.2, 0) is 9.53 Å². The van der Waals surface area contributed by atoms with Gasteiger partial charge in [-0.15, -0.1) is 11.3 Å². The Morgan fingerprint density at radius 2 is 1.90 bits per heavy atom. The molecule has 0 aliphatic rings. The number of esters is 1. The number of amides is 1. The molecule has 0 spiro atoms. The Bertz CT molecular complexity index is 1070. The second-order valence-corrected chi connectivity index (χ2v) is 7.42. The summed E-state index contributed by atoms with van der Waals surface area (Å²) in [6, 6.07) is 15.3. The first-order valence-corrected chi connectivity index (χ1v) is 10.4. The first kappa shape index (κ1) is 21.3. The number of hydrogen-bond donors (Lipinski definition) is 1. The van der Waals surface area contributed by atoms with Crippen molar-refractivity contribution in [2.45, 2.75) is 13.8 Å². The Balaban J connectivity index is 1.85. The van der Waals surface area contributed by atoms with E-state index in [2.05, 4.69) is 5.32 Å². The van der Waals surface area contributed by atoms with E-state index in [9.17, 15) is 9.59 Å². The molecular weight excluding hydrogens is 398 g/mol. The molecular formula is C24H23NO4S. The fraction of sp³-hybridized carbons (Fsp3) is 0.167. The van der Waals surface area contributed by atoms with Gasteiger partial charge in [0, 0.05) is 17.0 Å². The number of nitrogens with one attached hydrogen (secondary N) is 1. The van der Waals surface area contributed by atoms with Crippen molar-refractivity contribution in [3.63, 3.8) is 0 Å². The Morgan fingerprint density at radius 1 is 1.13 bits per heavy atom. The third-order valence-corrected chi connectivity index (χ3v) is 5.29. The van der Waals surface area contributed by atoms with Crippen LogP contribution in [-0.4, -0.2) is 25.6 Å². The average Bonchev–Trinajstić information content (AvgIpc) is 3.16. The molecule has 5 nitrogen and oxygen atoms in total. The lowest BCUT2D eigenvalue weighted by atomic mass is 10.0. The number of carbonyl (C=O) groups excluding carboxylic acids is 2. The van der Waals surface area contributed by atoms with Crippen LogP contribution in [0.2, 0.25) is 0 Å². The van der Waals surface area contributed by atoms with E-state index in [0.29, 0.717) is 16.3 Å². The van der Waals surface area contributed by atoms with Crippen LogP contribution < -0.4 is 10.1 Å². The highest BCUT2D eigenvalue weighted by molar-refractivity contribution is 7.15. The van der Waals surface area contributed by atoms with Gasteiger partial charge in [-0.1, -0.05) is 42.0 Å². The lowest BCUT2D eigenvalue weighted by Crippen LogP contribution is -2.12. The van der Waals surface area contributed by atoms with Crippen LogP contribution in [0.4, 0.5) is 5.00 Å². The fourth-order valence-electron chi connectivity index (χ4n) is 2.87. The lowest BCUT2D eigenvalue weighted by molar-refractivity contribution is -0.111. The fourth-order valence-corrected chi connectivity index (χ4v) is 3.83. The van der Waals surface area contributed by atoms with Crippen LogP contribution in [0.3, 0.4) is 0 Å². The first-order chi connectivity index (χ1) is 14.5. The van der Waals surface area contributed by atoms with Crippen molar-refractivity contribution in [2.75, 3.05) is 19.0 Å². The highest BCUT2D eigenvalue weighted by atomic mass is 32.1. The molecule has 154 valence electrons. The number of methoxy groups -OCH3 is 1. The van der Waals surface area contributed by atoms with E-state index >= 15 is 0 Å². The number of rotatable bonds is 7. The molecule has 1 heterocycles. The highest BCUT2D eigenvalue weighted by Gasteiger charge is 2.22. The molecule has 0 saturated heterocycles. The van der Waals surface area contributed by atoms with Crippen LogP contribution in [0.15, 0.2) is 60.0 Å². The van der Waals surface area contributed by atoms with E-state index in [1.165, 1.54) is 17.4 Å². The van der Waals surface area contributed by atoms with Gasteiger partial charge < -0.3 is 14.8 Å². The van der Waals surface area contributed by atoms with Crippen molar-refractivity contribution >= 4 is 34.3 Å². The summed E-state index contributed by atoms with van der Waals surface area (Å²) in [5, 5.41) is 5.13. The zero-order valence-electron chi connectivity index (χ0n) is 17.1. The minimum atomic E-state index is -0.457. The monoisotopic (exact) mass is 421 g/mol. The minimum Gasteiger partial charge on any atom is -0.497 e. The summed E-state index contributed by atoms with van der Waals surface area (Å²) >= 11 is 1.30. The quantitative estimate of drug-likeness (QED) is 0.401. The van der Waals surface area contributed by atoms with Gasteiger partial charge in [-0.2, -0.15) is 0 Å². The molecule has 6 heteroatoms. The van der Waals surface area contributed by atoms with Crippen LogP contribution in [0.1, 0.15) is 28.4 Å². The van der Waals surface area contributed by atoms with Crippen molar-refractivity contribution in [3.05, 3.63) is 76.7 Å². The van der Waals surface area contributed by atoms with Crippen molar-refractivity contribution in [1.82, 2.24) is 0 Å². The van der Waals surface area contributed by atoms with Gasteiger partial charge >= 0.3 is 5.97 Å². The maximum Gasteiger partial charge on any atom is 0.341 e. The van der Waals surface area contributed by atoms with Crippen molar-refractivity contribution in [3.8, 4) is 16.9 Å². The van der Waals surface area contributed by atoms with E-state index in [0.717, 1.165) is 22.3 Å². The van der Waals surface area contributed by atoms with Gasteiger partial charge in [0.1, 0.15) is 16.3 Å². The molecule has 0 saturated carbocycles. The van der Waals surface area contributed by atoms with Crippen molar-refractivity contribution in [1.29, 1.82) is 0 Å². The van der Waals surface area contributed by atoms with E-state index < -0.39 is 5.97 Å². The number of ether oxygens (including phenoxy) is 2. The maximum absolute atomic E-state index is 12.6. The zero-order valence-corrected chi connectivity index (χ0v) is 17.9. The van der Waals surface area contributed by atoms with Crippen LogP contribution >= 0.6 is 11.3 Å². The Hall–Kier alpha value is -3.38. The predicted octanol–water partition coefficient (Wildman–Crippen LogP) is 5.56. The number of thiophene rings is 1. The Kier molecular flexibility index (Phi) is 7.03. The molecule has 1 N–H and O–H groups in total. The summed E-state index contributed by atoms with van der Waals surface area (Å²) in [6.07, 6.45) is 3.12. The standard InChI is InChI=1S/C24H23NO4S/c1-4-29-24(27)22-20(18-11-8-16(2)9-12-18)15-30-23(22)25-21(26)13-10-17-6-5-7-19(14-17)28-3/h5-15H,4H2,1-3H3,(H,25,26)/b13-10+. The number of anilines is 1. The second kappa shape index (κ2) is 9.89. The molecule has 0 aliphatic carbocycles. The number of aryl methyl sites for hydroxylation is 1. The molecule has 3 aromatic rings. The van der Waals surface area contributed by atoms with Crippen molar-refractivity contribution < 1.29 is 19.1 Å². The molecule has 2 aromatic carbocycles. The van der Waals surface area contributed by atoms with E-state index in [1.807, 2.05) is 60.8 Å². The molecule has 0 unspecified atom stereocenters. The van der Waals surface area contributed by atoms with Gasteiger partial charge in [-0.05, 0) is 43.2 Å². The van der Waals surface area contributed by atoms with Crippen LogP contribution in [0.5, 0.6) is 5.75 Å². The third-order valence-electron chi connectivity index (χ3n) is 4.39. The lowest BCUT2D eigenvalue weighted by Gasteiger charge is -2.08. The van der Waals surface area contributed by atoms with E-state index in [4.69, 9.17) is 9.47 Å². The van der Waals surface area contributed by atoms with E-state index in [1.54, 1.807) is 20.1 Å². The number of carbonyl (C=O) groups is 2. The van der Waals surface area contributed by atoms with Gasteiger partial charge in [0.15, 0.2) is 0 Å². The van der Waals surface area contributed by atoms with Gasteiger partial charge in [0.25, 0.3) is 0 Å². The molecule has 1 amide bonds. The molecule has 30 heavy (non-hydrogen) atoms. The van der Waals surface area contributed by atoms with Crippen molar-refractivity contribution in [2.24, 2.45) is 0 Å². The van der Waals surface area contributed by atoms with Crippen LogP contribution in [0, 0.1) is 6.92 Å². The highest BCUT2D eigenvalue weighted by Crippen LogP contribution is 2.36. The molecule has 3 rings (SSSR count). The summed E-state index contributed by atoms with van der Waals surface area (Å²) in [6.45, 7) is 4.01. The summed E-state index contributed by atoms with van der Waals surface area (Å²) in [5.74, 6) is -0.0785. The van der Waals surface area contributed by atoms with Crippen LogP contribution in [0.25, 0.3) is 17.2 Å². The Labute approximate surface area is 180 Å². The van der Waals surface area contributed by atoms with Gasteiger partial charge in [0.2, 0.25) is 5.91 Å². The SMILES string of the molecule is CCOC(=O)c1c(-c2ccc(C)cc2)csc1NC(=O)/C=C/c1cccc(OC)c1. The summed E-state index contributed by atoms with van der Waals surface area (Å²) in [7, 11) is 1.59. The Morgan fingerprint density at radius 3 is 2.60 bits per heavy atom. The second-order valence-electron chi connectivity index (χ2n) is 6.54. The maximum atomic E-state index is 12.6.